The molecule has 9 heterocycles. The van der Waals surface area contributed by atoms with Gasteiger partial charge in [0.05, 0.1) is 51.4 Å². The van der Waals surface area contributed by atoms with E-state index in [0.29, 0.717) is 23.4 Å². The molecule has 0 saturated carbocycles. The van der Waals surface area contributed by atoms with Crippen molar-refractivity contribution in [3.05, 3.63) is 246 Å². The van der Waals surface area contributed by atoms with Crippen LogP contribution in [0.25, 0.3) is 51.6 Å². The topological polar surface area (TPSA) is 191 Å². The second kappa shape index (κ2) is 36.1. The number of halogens is 2. The molecule has 5 aromatic carbocycles. The Kier molecular flexibility index (Phi) is 27.9. The summed E-state index contributed by atoms with van der Waals surface area (Å²) in [6.45, 7) is 15.7. The van der Waals surface area contributed by atoms with Crippen LogP contribution in [0.3, 0.4) is 0 Å². The van der Waals surface area contributed by atoms with Gasteiger partial charge in [-0.15, -0.1) is 21.8 Å². The third kappa shape index (κ3) is 19.1. The number of rotatable bonds is 10. The summed E-state index contributed by atoms with van der Waals surface area (Å²) in [6, 6.07) is 52.2. The number of alkyl halides is 1. The summed E-state index contributed by atoms with van der Waals surface area (Å²) in [5.41, 5.74) is 11.9. The van der Waals surface area contributed by atoms with E-state index in [1.54, 1.807) is 21.5 Å². The Hall–Kier alpha value is -8.33. The number of aryl methyl sites for hydroxylation is 9. The van der Waals surface area contributed by atoms with Crippen LogP contribution in [-0.2, 0) is 31.1 Å². The zero-order valence-corrected chi connectivity index (χ0v) is 59.6. The molecule has 0 N–H and O–H groups in total. The number of imidazole rings is 2. The summed E-state index contributed by atoms with van der Waals surface area (Å²) in [7, 11) is 7.09. The molecule has 0 aliphatic carbocycles. The summed E-state index contributed by atoms with van der Waals surface area (Å²) >= 11 is 5.64. The molecule has 2 radical (unpaired) electrons. The van der Waals surface area contributed by atoms with Crippen molar-refractivity contribution in [1.82, 2.24) is 77.8 Å². The van der Waals surface area contributed by atoms with Crippen LogP contribution < -0.4 is 28.3 Å². The molecule has 0 atom stereocenters. The molecule has 1 aliphatic rings. The van der Waals surface area contributed by atoms with Crippen molar-refractivity contribution in [1.29, 1.82) is 1.34 Å². The van der Waals surface area contributed by atoms with Crippen LogP contribution in [0.5, 0.6) is 0 Å². The molecule has 0 amide bonds. The maximum atomic E-state index is 10.6. The predicted octanol–water partition coefficient (Wildman–Crippen LogP) is 8.59. The first-order chi connectivity index (χ1) is 44.3. The Labute approximate surface area is 576 Å². The zero-order chi connectivity index (χ0) is 64.7. The van der Waals surface area contributed by atoms with E-state index in [1.807, 2.05) is 155 Å². The van der Waals surface area contributed by atoms with Crippen LogP contribution in [0.1, 0.15) is 87.8 Å². The van der Waals surface area contributed by atoms with Gasteiger partial charge in [0.25, 0.3) is 0 Å². The molecule has 1 fully saturated rings. The van der Waals surface area contributed by atoms with Crippen LogP contribution >= 0.6 is 19.5 Å². The van der Waals surface area contributed by atoms with Gasteiger partial charge in [0.2, 0.25) is 0 Å². The SMILES string of the molecule is C1CCOC1.CCc1nc2c(C)ncc(C)n2n1.Cc1ncc(C)n2nc(/C=C/c3nc(-c4ccccc4)cn3C)nc12.Cc1ncc(C)n2nc(CCl)nc12.Cn1cc(-c2ccccc2)nc1C=O.[2H][B].[Cl-].[U].c1ccc(P(c2ccccc2)c2ccccc2)cc1. The minimum atomic E-state index is -0.446. The number of ether oxygens (including phenoxy) is 1. The summed E-state index contributed by atoms with van der Waals surface area (Å²) in [5.74, 6) is 3.79. The number of benzene rings is 5. The van der Waals surface area contributed by atoms with Crippen molar-refractivity contribution in [2.24, 2.45) is 14.1 Å². The molecular formula is C69H73BCl2N16O2PU-. The Balaban J connectivity index is 0.000000182. The van der Waals surface area contributed by atoms with E-state index in [9.17, 15) is 4.79 Å². The maximum absolute atomic E-state index is 10.6. The predicted molar refractivity (Wildman–Crippen MR) is 364 cm³/mol. The van der Waals surface area contributed by atoms with Gasteiger partial charge in [-0.05, 0) is 91.7 Å². The maximum Gasteiger partial charge on any atom is 0.185 e. The van der Waals surface area contributed by atoms with Crippen molar-refractivity contribution >= 4 is 79.2 Å². The Bertz CT molecular complexity index is 4120. The van der Waals surface area contributed by atoms with E-state index in [2.05, 4.69) is 167 Å². The molecule has 23 heteroatoms. The van der Waals surface area contributed by atoms with Crippen LogP contribution in [0.2, 0.25) is 0 Å². The first-order valence-electron chi connectivity index (χ1n) is 29.8. The smallest absolute Gasteiger partial charge is 0.185 e. The van der Waals surface area contributed by atoms with Gasteiger partial charge in [0.1, 0.15) is 5.82 Å². The first kappa shape index (κ1) is 71.1. The molecule has 8 aromatic heterocycles. The molecule has 1 saturated heterocycles. The summed E-state index contributed by atoms with van der Waals surface area (Å²) in [6.07, 6.45) is 17.2. The van der Waals surface area contributed by atoms with Gasteiger partial charge in [0.15, 0.2) is 46.5 Å². The number of fused-ring (bicyclic) bond motifs is 3. The van der Waals surface area contributed by atoms with E-state index < -0.39 is 7.92 Å². The summed E-state index contributed by atoms with van der Waals surface area (Å²) in [5, 5.41) is 17.3. The molecule has 1 aliphatic heterocycles. The second-order valence-electron chi connectivity index (χ2n) is 20.7. The van der Waals surface area contributed by atoms with Gasteiger partial charge < -0.3 is 26.3 Å². The van der Waals surface area contributed by atoms with Gasteiger partial charge in [-0.2, -0.15) is 5.10 Å². The van der Waals surface area contributed by atoms with Crippen molar-refractivity contribution in [3.8, 4) is 22.5 Å². The molecule has 468 valence electrons. The van der Waals surface area contributed by atoms with E-state index in [-0.39, 0.29) is 43.5 Å². The van der Waals surface area contributed by atoms with E-state index >= 15 is 0 Å². The van der Waals surface area contributed by atoms with Crippen molar-refractivity contribution in [2.75, 3.05) is 13.2 Å². The number of nitrogens with zero attached hydrogens (tertiary/aromatic N) is 16. The fraction of sp³-hybridized carbons (Fsp3) is 0.217. The van der Waals surface area contributed by atoms with Gasteiger partial charge >= 0.3 is 0 Å². The molecule has 0 bridgehead atoms. The minimum Gasteiger partial charge on any atom is -1.00 e. The normalized spacial score (nSPS) is 11.4. The van der Waals surface area contributed by atoms with E-state index in [1.165, 1.54) is 28.8 Å². The average Bonchev–Trinajstić information content (AvgIpc) is 1.95. The van der Waals surface area contributed by atoms with Crippen molar-refractivity contribution in [3.63, 3.8) is 0 Å². The van der Waals surface area contributed by atoms with Gasteiger partial charge in [-0.25, -0.2) is 38.5 Å². The fourth-order valence-corrected chi connectivity index (χ4v) is 11.6. The van der Waals surface area contributed by atoms with Crippen molar-refractivity contribution < 1.29 is 53.1 Å². The molecule has 0 spiro atoms. The van der Waals surface area contributed by atoms with Crippen LogP contribution in [0.4, 0.5) is 0 Å². The largest absolute Gasteiger partial charge is 1.00 e. The van der Waals surface area contributed by atoms with E-state index in [0.717, 1.165) is 111 Å². The molecular weight excluding hydrogens is 1440 g/mol. The average molecular weight is 1510 g/mol. The molecule has 92 heavy (non-hydrogen) atoms. The second-order valence-corrected chi connectivity index (χ2v) is 23.2. The molecule has 14 rings (SSSR count). The summed E-state index contributed by atoms with van der Waals surface area (Å²) in [4.78, 5) is 45.4. The van der Waals surface area contributed by atoms with Gasteiger partial charge in [-0.1, -0.05) is 159 Å². The fourth-order valence-electron chi connectivity index (χ4n) is 9.22. The van der Waals surface area contributed by atoms with E-state index in [4.69, 9.17) is 17.7 Å². The molecule has 18 nitrogen and oxygen atoms in total. The number of aldehydes is 1. The molecule has 0 unspecified atom stereocenters. The summed E-state index contributed by atoms with van der Waals surface area (Å²) < 4.78 is 19.3. The third-order valence-electron chi connectivity index (χ3n) is 14.0. The zero-order valence-electron chi connectivity index (χ0n) is 54.0. The standard InChI is InChI=1S/C19H18N6.C18H15P.C11H10N2O.C9H12N4.C8H9ClN4.C4H8O.BH.ClH.U/c1-13-11-20-14(2)19-22-17(23-25(13)19)9-10-18-21-16(12-24(18)3)15-7-5-4-6-8-15;1-4-10-16(11-5-1)19(17-12-6-2-7-13-17)18-14-8-3-9-15-18;1-13-7-10(12-11(13)8-14)9-5-3-2-4-6-9;1-4-8-11-9-7(3)10-5-6(2)13(9)12-8;1-5-4-10-6(2)8-11-7(3-9)12-13(5)8;1-2-4-5-3-1;;;/h4-12H,1-3H3;1-15H;2-8H,1H3;5H,4H2,1-3H3;4H,3H2,1-2H3;1-4H2;2*1H;/p-1/b10-9+;;;;;;;;/i;;;;;;1D;;. The van der Waals surface area contributed by atoms with Gasteiger partial charge in [0, 0.05) is 115 Å². The number of carbonyl (C=O) groups is 1. The monoisotopic (exact) mass is 1510 g/mol. The van der Waals surface area contributed by atoms with Crippen LogP contribution in [0, 0.1) is 72.7 Å². The minimum absolute atomic E-state index is 0. The number of aromatic nitrogens is 16. The van der Waals surface area contributed by atoms with Gasteiger partial charge in [-0.3, -0.25) is 19.7 Å². The van der Waals surface area contributed by atoms with Crippen LogP contribution in [-0.4, -0.2) is 107 Å². The Morgan fingerprint density at radius 3 is 1.25 bits per heavy atom. The first-order valence-corrected chi connectivity index (χ1v) is 31.1. The third-order valence-corrected chi connectivity index (χ3v) is 16.7. The van der Waals surface area contributed by atoms with Crippen molar-refractivity contribution in [2.45, 2.75) is 73.6 Å². The number of carbonyl (C=O) groups excluding carboxylic acids is 1. The molecule has 13 aromatic rings. The number of hydrogen-bond acceptors (Lipinski definition) is 13. The van der Waals surface area contributed by atoms with Crippen LogP contribution in [0.15, 0.2) is 183 Å². The Morgan fingerprint density at radius 2 is 0.891 bits per heavy atom. The Morgan fingerprint density at radius 1 is 0.522 bits per heavy atom. The number of hydrogen-bond donors (Lipinski definition) is 0. The quantitative estimate of drug-likeness (QED) is 0.0548.